The van der Waals surface area contributed by atoms with Crippen molar-refractivity contribution in [1.82, 2.24) is 15.3 Å². The van der Waals surface area contributed by atoms with Crippen LogP contribution in [-0.4, -0.2) is 28.7 Å². The standard InChI is InChI=1S/C11H17N3O/c1-11(3-2-4-15-11)8-12-5-10-6-13-9-14-7-10/h6-7,9,12H,2-5,8H2,1H3. The van der Waals surface area contributed by atoms with Crippen LogP contribution in [-0.2, 0) is 11.3 Å². The lowest BCUT2D eigenvalue weighted by Crippen LogP contribution is -2.36. The van der Waals surface area contributed by atoms with Gasteiger partial charge >= 0.3 is 0 Å². The van der Waals surface area contributed by atoms with E-state index in [0.29, 0.717) is 0 Å². The number of nitrogens with one attached hydrogen (secondary N) is 1. The molecule has 1 saturated heterocycles. The maximum Gasteiger partial charge on any atom is 0.115 e. The highest BCUT2D eigenvalue weighted by Crippen LogP contribution is 2.23. The van der Waals surface area contributed by atoms with Gasteiger partial charge in [0.25, 0.3) is 0 Å². The van der Waals surface area contributed by atoms with E-state index in [0.717, 1.165) is 31.7 Å². The van der Waals surface area contributed by atoms with Crippen molar-refractivity contribution < 1.29 is 4.74 Å². The molecule has 0 spiro atoms. The molecule has 4 heteroatoms. The predicted molar refractivity (Wildman–Crippen MR) is 57.3 cm³/mol. The monoisotopic (exact) mass is 207 g/mol. The summed E-state index contributed by atoms with van der Waals surface area (Å²) < 4.78 is 5.68. The second kappa shape index (κ2) is 4.68. The number of hydrogen-bond donors (Lipinski definition) is 1. The topological polar surface area (TPSA) is 47.0 Å². The Morgan fingerprint density at radius 3 is 2.93 bits per heavy atom. The molecule has 0 radical (unpaired) electrons. The molecule has 0 aliphatic carbocycles. The number of aromatic nitrogens is 2. The third kappa shape index (κ3) is 2.97. The number of nitrogens with zero attached hydrogens (tertiary/aromatic N) is 2. The predicted octanol–water partition coefficient (Wildman–Crippen LogP) is 1.14. The van der Waals surface area contributed by atoms with Crippen LogP contribution in [0.5, 0.6) is 0 Å². The van der Waals surface area contributed by atoms with Crippen LogP contribution in [0.1, 0.15) is 25.3 Å². The lowest BCUT2D eigenvalue weighted by molar-refractivity contribution is 0.0206. The van der Waals surface area contributed by atoms with Gasteiger partial charge in [0.1, 0.15) is 6.33 Å². The van der Waals surface area contributed by atoms with Crippen LogP contribution in [0.25, 0.3) is 0 Å². The molecule has 1 aromatic heterocycles. The molecule has 0 saturated carbocycles. The van der Waals surface area contributed by atoms with E-state index < -0.39 is 0 Å². The minimum absolute atomic E-state index is 0.0234. The highest BCUT2D eigenvalue weighted by atomic mass is 16.5. The Balaban J connectivity index is 1.75. The molecule has 0 amide bonds. The van der Waals surface area contributed by atoms with E-state index in [1.54, 1.807) is 6.33 Å². The van der Waals surface area contributed by atoms with E-state index in [-0.39, 0.29) is 5.60 Å². The molecule has 1 fully saturated rings. The molecular formula is C11H17N3O. The normalized spacial score (nSPS) is 25.7. The van der Waals surface area contributed by atoms with Crippen molar-refractivity contribution >= 4 is 0 Å². The van der Waals surface area contributed by atoms with Gasteiger partial charge in [-0.3, -0.25) is 0 Å². The Morgan fingerprint density at radius 2 is 2.27 bits per heavy atom. The fourth-order valence-electron chi connectivity index (χ4n) is 1.87. The fourth-order valence-corrected chi connectivity index (χ4v) is 1.87. The van der Waals surface area contributed by atoms with E-state index in [1.165, 1.54) is 6.42 Å². The van der Waals surface area contributed by atoms with Gasteiger partial charge in [0, 0.05) is 37.7 Å². The van der Waals surface area contributed by atoms with Crippen molar-refractivity contribution in [3.8, 4) is 0 Å². The molecule has 0 aromatic carbocycles. The van der Waals surface area contributed by atoms with E-state index in [4.69, 9.17) is 4.74 Å². The maximum atomic E-state index is 5.68. The van der Waals surface area contributed by atoms with E-state index in [9.17, 15) is 0 Å². The largest absolute Gasteiger partial charge is 0.374 e. The summed E-state index contributed by atoms with van der Waals surface area (Å²) in [5, 5.41) is 3.38. The summed E-state index contributed by atoms with van der Waals surface area (Å²) in [6.45, 7) is 4.75. The molecule has 1 unspecified atom stereocenters. The fraction of sp³-hybridized carbons (Fsp3) is 0.636. The summed E-state index contributed by atoms with van der Waals surface area (Å²) in [5.74, 6) is 0. The van der Waals surface area contributed by atoms with Gasteiger partial charge in [0.05, 0.1) is 5.60 Å². The van der Waals surface area contributed by atoms with Gasteiger partial charge in [0.15, 0.2) is 0 Å². The third-order valence-corrected chi connectivity index (χ3v) is 2.74. The minimum Gasteiger partial charge on any atom is -0.374 e. The summed E-state index contributed by atoms with van der Waals surface area (Å²) in [6.07, 6.45) is 7.53. The first-order chi connectivity index (χ1) is 7.29. The third-order valence-electron chi connectivity index (χ3n) is 2.74. The van der Waals surface area contributed by atoms with Crippen molar-refractivity contribution in [1.29, 1.82) is 0 Å². The summed E-state index contributed by atoms with van der Waals surface area (Å²) >= 11 is 0. The molecule has 82 valence electrons. The van der Waals surface area contributed by atoms with Gasteiger partial charge in [0.2, 0.25) is 0 Å². The molecule has 1 aromatic rings. The number of hydrogen-bond acceptors (Lipinski definition) is 4. The molecule has 2 rings (SSSR count). The SMILES string of the molecule is CC1(CNCc2cncnc2)CCCO1. The quantitative estimate of drug-likeness (QED) is 0.804. The molecule has 1 atom stereocenters. The van der Waals surface area contributed by atoms with Gasteiger partial charge < -0.3 is 10.1 Å². The second-order valence-electron chi connectivity index (χ2n) is 4.25. The first-order valence-electron chi connectivity index (χ1n) is 5.37. The Hall–Kier alpha value is -1.00. The summed E-state index contributed by atoms with van der Waals surface area (Å²) in [7, 11) is 0. The van der Waals surface area contributed by atoms with Crippen molar-refractivity contribution in [2.24, 2.45) is 0 Å². The molecule has 1 aliphatic heterocycles. The zero-order valence-corrected chi connectivity index (χ0v) is 9.07. The Kier molecular flexibility index (Phi) is 3.28. The minimum atomic E-state index is 0.0234. The average Bonchev–Trinajstić information content (AvgIpc) is 2.67. The molecule has 2 heterocycles. The number of ether oxygens (including phenoxy) is 1. The van der Waals surface area contributed by atoms with Crippen LogP contribution >= 0.6 is 0 Å². The van der Waals surface area contributed by atoms with Gasteiger partial charge in [-0.1, -0.05) is 0 Å². The van der Waals surface area contributed by atoms with Gasteiger partial charge in [-0.2, -0.15) is 0 Å². The van der Waals surface area contributed by atoms with Crippen LogP contribution in [0.15, 0.2) is 18.7 Å². The summed E-state index contributed by atoms with van der Waals surface area (Å²) in [4.78, 5) is 7.94. The van der Waals surface area contributed by atoms with Crippen molar-refractivity contribution in [3.63, 3.8) is 0 Å². The smallest absolute Gasteiger partial charge is 0.115 e. The zero-order chi connectivity index (χ0) is 10.6. The molecule has 1 N–H and O–H groups in total. The van der Waals surface area contributed by atoms with Gasteiger partial charge in [-0.05, 0) is 19.8 Å². The molecular weight excluding hydrogens is 190 g/mol. The van der Waals surface area contributed by atoms with Crippen LogP contribution in [0.2, 0.25) is 0 Å². The van der Waals surface area contributed by atoms with E-state index in [1.807, 2.05) is 12.4 Å². The molecule has 0 bridgehead atoms. The van der Waals surface area contributed by atoms with Crippen LogP contribution in [0, 0.1) is 0 Å². The van der Waals surface area contributed by atoms with Crippen LogP contribution in [0.4, 0.5) is 0 Å². The first-order valence-corrected chi connectivity index (χ1v) is 5.37. The van der Waals surface area contributed by atoms with E-state index in [2.05, 4.69) is 22.2 Å². The first kappa shape index (κ1) is 10.5. The molecule has 15 heavy (non-hydrogen) atoms. The van der Waals surface area contributed by atoms with Crippen molar-refractivity contribution in [2.45, 2.75) is 31.9 Å². The second-order valence-corrected chi connectivity index (χ2v) is 4.25. The summed E-state index contributed by atoms with van der Waals surface area (Å²) in [5.41, 5.74) is 1.13. The molecule has 4 nitrogen and oxygen atoms in total. The summed E-state index contributed by atoms with van der Waals surface area (Å²) in [6, 6.07) is 0. The average molecular weight is 207 g/mol. The Bertz CT molecular complexity index is 296. The van der Waals surface area contributed by atoms with Crippen molar-refractivity contribution in [2.75, 3.05) is 13.2 Å². The zero-order valence-electron chi connectivity index (χ0n) is 9.07. The number of rotatable bonds is 4. The Labute approximate surface area is 90.1 Å². The highest BCUT2D eigenvalue weighted by molar-refractivity contribution is 5.01. The van der Waals surface area contributed by atoms with Crippen LogP contribution < -0.4 is 5.32 Å². The maximum absolute atomic E-state index is 5.68. The van der Waals surface area contributed by atoms with Crippen LogP contribution in [0.3, 0.4) is 0 Å². The van der Waals surface area contributed by atoms with Gasteiger partial charge in [-0.25, -0.2) is 9.97 Å². The van der Waals surface area contributed by atoms with Crippen molar-refractivity contribution in [3.05, 3.63) is 24.3 Å². The highest BCUT2D eigenvalue weighted by Gasteiger charge is 2.28. The Morgan fingerprint density at radius 1 is 1.47 bits per heavy atom. The molecule has 1 aliphatic rings. The van der Waals surface area contributed by atoms with E-state index >= 15 is 0 Å². The van der Waals surface area contributed by atoms with Gasteiger partial charge in [-0.15, -0.1) is 0 Å². The lowest BCUT2D eigenvalue weighted by Gasteiger charge is -2.23. The lowest BCUT2D eigenvalue weighted by atomic mass is 10.0.